The molecule has 2 heterocycles. The van der Waals surface area contributed by atoms with Crippen LogP contribution in [0.1, 0.15) is 38.7 Å². The van der Waals surface area contributed by atoms with Gasteiger partial charge in [-0.15, -0.1) is 12.4 Å². The Hall–Kier alpha value is -1.26. The summed E-state index contributed by atoms with van der Waals surface area (Å²) in [6.45, 7) is 7.56. The van der Waals surface area contributed by atoms with Crippen LogP contribution < -0.4 is 10.2 Å². The van der Waals surface area contributed by atoms with E-state index in [1.54, 1.807) is 0 Å². The van der Waals surface area contributed by atoms with Crippen LogP contribution in [-0.4, -0.2) is 42.5 Å². The summed E-state index contributed by atoms with van der Waals surface area (Å²) in [6.07, 6.45) is 3.50. The van der Waals surface area contributed by atoms with E-state index in [-0.39, 0.29) is 18.3 Å². The van der Waals surface area contributed by atoms with Gasteiger partial charge in [0.05, 0.1) is 6.54 Å². The SMILES string of the molecule is CC1CCCC(C)N1C(=O)CN1CCNCc2ccccc21.Cl. The summed E-state index contributed by atoms with van der Waals surface area (Å²) in [6, 6.07) is 9.16. The van der Waals surface area contributed by atoms with Crippen molar-refractivity contribution in [3.05, 3.63) is 29.8 Å². The maximum absolute atomic E-state index is 12.9. The summed E-state index contributed by atoms with van der Waals surface area (Å²) in [5.74, 6) is 0.274. The summed E-state index contributed by atoms with van der Waals surface area (Å²) in [5.41, 5.74) is 2.49. The van der Waals surface area contributed by atoms with Crippen molar-refractivity contribution in [1.29, 1.82) is 0 Å². The lowest BCUT2D eigenvalue weighted by Crippen LogP contribution is -2.51. The van der Waals surface area contributed by atoms with Crippen molar-refractivity contribution in [3.63, 3.8) is 0 Å². The molecule has 2 atom stereocenters. The van der Waals surface area contributed by atoms with E-state index in [1.165, 1.54) is 17.7 Å². The van der Waals surface area contributed by atoms with Crippen LogP contribution >= 0.6 is 12.4 Å². The number of likely N-dealkylation sites (tertiary alicyclic amines) is 1. The number of benzene rings is 1. The lowest BCUT2D eigenvalue weighted by molar-refractivity contribution is -0.135. The first-order valence-electron chi connectivity index (χ1n) is 8.51. The molecular weight excluding hydrogens is 310 g/mol. The van der Waals surface area contributed by atoms with E-state index in [2.05, 4.69) is 53.2 Å². The Morgan fingerprint density at radius 2 is 1.91 bits per heavy atom. The Balaban J connectivity index is 0.00000192. The van der Waals surface area contributed by atoms with Crippen molar-refractivity contribution >= 4 is 24.0 Å². The van der Waals surface area contributed by atoms with Gasteiger partial charge >= 0.3 is 0 Å². The van der Waals surface area contributed by atoms with Crippen LogP contribution in [0.3, 0.4) is 0 Å². The van der Waals surface area contributed by atoms with Gasteiger partial charge in [0.25, 0.3) is 0 Å². The van der Waals surface area contributed by atoms with Crippen molar-refractivity contribution in [3.8, 4) is 0 Å². The molecule has 0 aromatic heterocycles. The monoisotopic (exact) mass is 337 g/mol. The Morgan fingerprint density at radius 1 is 1.22 bits per heavy atom. The molecule has 5 heteroatoms. The number of nitrogens with one attached hydrogen (secondary N) is 1. The van der Waals surface area contributed by atoms with E-state index in [9.17, 15) is 4.79 Å². The molecular formula is C18H28ClN3O. The van der Waals surface area contributed by atoms with Gasteiger partial charge in [-0.3, -0.25) is 4.79 Å². The van der Waals surface area contributed by atoms with Crippen LogP contribution in [-0.2, 0) is 11.3 Å². The number of piperidine rings is 1. The number of anilines is 1. The van der Waals surface area contributed by atoms with Crippen molar-refractivity contribution in [2.45, 2.75) is 51.7 Å². The molecule has 3 rings (SSSR count). The Kier molecular flexibility index (Phi) is 6.31. The second-order valence-corrected chi connectivity index (χ2v) is 6.66. The van der Waals surface area contributed by atoms with E-state index < -0.39 is 0 Å². The summed E-state index contributed by atoms with van der Waals surface area (Å²) >= 11 is 0. The molecule has 2 unspecified atom stereocenters. The predicted octanol–water partition coefficient (Wildman–Crippen LogP) is 2.81. The van der Waals surface area contributed by atoms with Gasteiger partial charge in [-0.25, -0.2) is 0 Å². The number of fused-ring (bicyclic) bond motifs is 1. The number of amides is 1. The second kappa shape index (κ2) is 8.02. The molecule has 23 heavy (non-hydrogen) atoms. The average molecular weight is 338 g/mol. The number of rotatable bonds is 2. The fourth-order valence-corrected chi connectivity index (χ4v) is 3.85. The van der Waals surface area contributed by atoms with Crippen LogP contribution in [0.15, 0.2) is 24.3 Å². The number of nitrogens with zero attached hydrogens (tertiary/aromatic N) is 2. The standard InChI is InChI=1S/C18H27N3O.ClH/c1-14-6-5-7-15(2)21(14)18(22)13-20-11-10-19-12-16-8-3-4-9-17(16)20;/h3-4,8-9,14-15,19H,5-7,10-13H2,1-2H3;1H. The molecule has 128 valence electrons. The number of carbonyl (C=O) groups is 1. The Bertz CT molecular complexity index is 527. The maximum atomic E-state index is 12.9. The first kappa shape index (κ1) is 18.1. The summed E-state index contributed by atoms with van der Waals surface area (Å²) in [5, 5.41) is 3.44. The molecule has 1 aromatic rings. The highest BCUT2D eigenvalue weighted by molar-refractivity contribution is 5.85. The Morgan fingerprint density at radius 3 is 2.65 bits per heavy atom. The highest BCUT2D eigenvalue weighted by atomic mass is 35.5. The fourth-order valence-electron chi connectivity index (χ4n) is 3.85. The number of para-hydroxylation sites is 1. The zero-order chi connectivity index (χ0) is 15.5. The topological polar surface area (TPSA) is 35.6 Å². The van der Waals surface area contributed by atoms with Crippen molar-refractivity contribution in [2.24, 2.45) is 0 Å². The molecule has 1 N–H and O–H groups in total. The quantitative estimate of drug-likeness (QED) is 0.901. The van der Waals surface area contributed by atoms with Crippen molar-refractivity contribution < 1.29 is 4.79 Å². The van der Waals surface area contributed by atoms with Crippen molar-refractivity contribution in [2.75, 3.05) is 24.5 Å². The third-order valence-corrected chi connectivity index (χ3v) is 5.01. The van der Waals surface area contributed by atoms with Gasteiger partial charge in [-0.2, -0.15) is 0 Å². The van der Waals surface area contributed by atoms with Gasteiger partial charge in [-0.1, -0.05) is 18.2 Å². The van der Waals surface area contributed by atoms with E-state index in [4.69, 9.17) is 0 Å². The molecule has 1 aromatic carbocycles. The highest BCUT2D eigenvalue weighted by Gasteiger charge is 2.30. The van der Waals surface area contributed by atoms with Gasteiger partial charge in [0, 0.05) is 37.4 Å². The fraction of sp³-hybridized carbons (Fsp3) is 0.611. The average Bonchev–Trinajstić information content (AvgIpc) is 2.70. The van der Waals surface area contributed by atoms with Gasteiger partial charge < -0.3 is 15.1 Å². The van der Waals surface area contributed by atoms with Gasteiger partial charge in [-0.05, 0) is 44.7 Å². The number of halogens is 1. The predicted molar refractivity (Wildman–Crippen MR) is 97.2 cm³/mol. The van der Waals surface area contributed by atoms with E-state index in [0.29, 0.717) is 18.6 Å². The van der Waals surface area contributed by atoms with Crippen LogP contribution in [0.5, 0.6) is 0 Å². The van der Waals surface area contributed by atoms with Crippen LogP contribution in [0, 0.1) is 0 Å². The molecule has 1 fully saturated rings. The zero-order valence-corrected chi connectivity index (χ0v) is 14.9. The van der Waals surface area contributed by atoms with Gasteiger partial charge in [0.15, 0.2) is 0 Å². The highest BCUT2D eigenvalue weighted by Crippen LogP contribution is 2.25. The van der Waals surface area contributed by atoms with Gasteiger partial charge in [0.1, 0.15) is 0 Å². The third kappa shape index (κ3) is 3.99. The normalized spacial score (nSPS) is 24.4. The largest absolute Gasteiger partial charge is 0.361 e. The molecule has 0 saturated carbocycles. The molecule has 0 spiro atoms. The minimum Gasteiger partial charge on any atom is -0.361 e. The zero-order valence-electron chi connectivity index (χ0n) is 14.1. The number of hydrogen-bond acceptors (Lipinski definition) is 3. The van der Waals surface area contributed by atoms with E-state index in [0.717, 1.165) is 32.5 Å². The Labute approximate surface area is 145 Å². The number of carbonyl (C=O) groups excluding carboxylic acids is 1. The molecule has 2 aliphatic rings. The summed E-state index contributed by atoms with van der Waals surface area (Å²) in [7, 11) is 0. The molecule has 0 bridgehead atoms. The van der Waals surface area contributed by atoms with E-state index >= 15 is 0 Å². The molecule has 1 amide bonds. The first-order chi connectivity index (χ1) is 10.7. The lowest BCUT2D eigenvalue weighted by atomic mass is 9.97. The van der Waals surface area contributed by atoms with Gasteiger partial charge in [0.2, 0.25) is 5.91 Å². The third-order valence-electron chi connectivity index (χ3n) is 5.01. The second-order valence-electron chi connectivity index (χ2n) is 6.66. The summed E-state index contributed by atoms with van der Waals surface area (Å²) in [4.78, 5) is 17.2. The molecule has 2 aliphatic heterocycles. The first-order valence-corrected chi connectivity index (χ1v) is 8.51. The van der Waals surface area contributed by atoms with Crippen LogP contribution in [0.2, 0.25) is 0 Å². The molecule has 1 saturated heterocycles. The summed E-state index contributed by atoms with van der Waals surface area (Å²) < 4.78 is 0. The maximum Gasteiger partial charge on any atom is 0.242 e. The van der Waals surface area contributed by atoms with E-state index in [1.807, 2.05) is 0 Å². The molecule has 0 radical (unpaired) electrons. The molecule has 4 nitrogen and oxygen atoms in total. The number of hydrogen-bond donors (Lipinski definition) is 1. The minimum atomic E-state index is 0. The van der Waals surface area contributed by atoms with Crippen LogP contribution in [0.25, 0.3) is 0 Å². The lowest BCUT2D eigenvalue weighted by Gasteiger charge is -2.40. The molecule has 0 aliphatic carbocycles. The van der Waals surface area contributed by atoms with Crippen molar-refractivity contribution in [1.82, 2.24) is 10.2 Å². The van der Waals surface area contributed by atoms with Crippen LogP contribution in [0.4, 0.5) is 5.69 Å². The minimum absolute atomic E-state index is 0. The smallest absolute Gasteiger partial charge is 0.242 e.